The van der Waals surface area contributed by atoms with Crippen LogP contribution in [0.4, 0.5) is 5.69 Å². The van der Waals surface area contributed by atoms with Gasteiger partial charge in [-0.2, -0.15) is 10.6 Å². The molecule has 9 nitrogen and oxygen atoms in total. The normalized spacial score (nSPS) is 17.8. The number of carbonyl (C=O) groups is 1. The van der Waals surface area contributed by atoms with E-state index in [1.807, 2.05) is 18.2 Å². The van der Waals surface area contributed by atoms with E-state index in [1.54, 1.807) is 22.7 Å². The standard InChI is InChI=1S/C19H23N5O4S/c1-28-17-6-5-14(12-20-17)21-19(25)18-22-15(16-4-2-3-7-24(16)18)13-23-8-10-29(26,27)11-9-23/h2-7,12,26-27H,8-11,13H2,1H3,(H,21,25). The second-order valence-corrected chi connectivity index (χ2v) is 9.29. The lowest BCUT2D eigenvalue weighted by Gasteiger charge is -2.40. The molecule has 29 heavy (non-hydrogen) atoms. The van der Waals surface area contributed by atoms with Crippen molar-refractivity contribution in [2.75, 3.05) is 37.0 Å². The average Bonchev–Trinajstić information content (AvgIpc) is 3.09. The maximum Gasteiger partial charge on any atom is 0.292 e. The van der Waals surface area contributed by atoms with Gasteiger partial charge in [-0.25, -0.2) is 9.97 Å². The lowest BCUT2D eigenvalue weighted by molar-refractivity contribution is 0.101. The van der Waals surface area contributed by atoms with Gasteiger partial charge in [-0.3, -0.25) is 23.2 Å². The van der Waals surface area contributed by atoms with Crippen LogP contribution in [-0.2, 0) is 6.54 Å². The van der Waals surface area contributed by atoms with Crippen LogP contribution in [0.15, 0.2) is 42.7 Å². The number of nitrogens with one attached hydrogen (secondary N) is 1. The predicted molar refractivity (Wildman–Crippen MR) is 112 cm³/mol. The van der Waals surface area contributed by atoms with Crippen LogP contribution in [0.1, 0.15) is 16.3 Å². The molecular weight excluding hydrogens is 394 g/mol. The Morgan fingerprint density at radius 1 is 1.24 bits per heavy atom. The number of ether oxygens (including phenoxy) is 1. The average molecular weight is 417 g/mol. The highest BCUT2D eigenvalue weighted by molar-refractivity contribution is 8.24. The number of imidazole rings is 1. The van der Waals surface area contributed by atoms with Gasteiger partial charge < -0.3 is 10.1 Å². The van der Waals surface area contributed by atoms with E-state index < -0.39 is 10.6 Å². The van der Waals surface area contributed by atoms with Gasteiger partial charge in [-0.05, 0) is 18.2 Å². The number of carbonyl (C=O) groups excluding carboxylic acids is 1. The minimum Gasteiger partial charge on any atom is -0.481 e. The number of hydrogen-bond acceptors (Lipinski definition) is 7. The fourth-order valence-corrected chi connectivity index (χ4v) is 4.58. The van der Waals surface area contributed by atoms with Crippen molar-refractivity contribution in [2.45, 2.75) is 6.54 Å². The van der Waals surface area contributed by atoms with Crippen molar-refractivity contribution in [1.29, 1.82) is 0 Å². The van der Waals surface area contributed by atoms with Crippen molar-refractivity contribution in [2.24, 2.45) is 0 Å². The van der Waals surface area contributed by atoms with E-state index in [0.717, 1.165) is 11.2 Å². The molecule has 0 bridgehead atoms. The van der Waals surface area contributed by atoms with Crippen LogP contribution in [0.3, 0.4) is 0 Å². The van der Waals surface area contributed by atoms with E-state index in [0.29, 0.717) is 42.7 Å². The van der Waals surface area contributed by atoms with Gasteiger partial charge in [-0.15, -0.1) is 0 Å². The summed E-state index contributed by atoms with van der Waals surface area (Å²) in [6.45, 7) is 1.72. The zero-order valence-electron chi connectivity index (χ0n) is 16.0. The Bertz CT molecular complexity index is 1010. The van der Waals surface area contributed by atoms with Crippen molar-refractivity contribution >= 4 is 27.7 Å². The molecule has 0 aromatic carbocycles. The molecule has 0 atom stereocenters. The molecule has 0 saturated carbocycles. The zero-order valence-corrected chi connectivity index (χ0v) is 16.8. The van der Waals surface area contributed by atoms with Gasteiger partial charge in [0.2, 0.25) is 11.7 Å². The molecule has 1 fully saturated rings. The molecule has 0 aliphatic carbocycles. The van der Waals surface area contributed by atoms with Gasteiger partial charge in [0, 0.05) is 31.9 Å². The molecule has 0 spiro atoms. The van der Waals surface area contributed by atoms with Gasteiger partial charge >= 0.3 is 0 Å². The highest BCUT2D eigenvalue weighted by Crippen LogP contribution is 2.40. The largest absolute Gasteiger partial charge is 0.481 e. The predicted octanol–water partition coefficient (Wildman–Crippen LogP) is 2.56. The third kappa shape index (κ3) is 4.35. The number of fused-ring (bicyclic) bond motifs is 1. The summed E-state index contributed by atoms with van der Waals surface area (Å²) < 4.78 is 26.4. The molecular formula is C19H23N5O4S. The topological polar surface area (TPSA) is 112 Å². The van der Waals surface area contributed by atoms with Gasteiger partial charge in [0.05, 0.1) is 41.7 Å². The smallest absolute Gasteiger partial charge is 0.292 e. The fraction of sp³-hybridized carbons (Fsp3) is 0.316. The molecule has 4 rings (SSSR count). The van der Waals surface area contributed by atoms with Crippen LogP contribution in [0.5, 0.6) is 5.88 Å². The Hall–Kier alpha value is -2.66. The molecule has 1 aliphatic heterocycles. The Labute approximate surface area is 169 Å². The summed E-state index contributed by atoms with van der Waals surface area (Å²) in [5.74, 6) is 1.16. The maximum atomic E-state index is 12.8. The van der Waals surface area contributed by atoms with E-state index in [-0.39, 0.29) is 11.7 Å². The van der Waals surface area contributed by atoms with E-state index in [4.69, 9.17) is 4.74 Å². The van der Waals surface area contributed by atoms with E-state index in [1.165, 1.54) is 13.3 Å². The monoisotopic (exact) mass is 417 g/mol. The third-order valence-electron chi connectivity index (χ3n) is 4.87. The highest BCUT2D eigenvalue weighted by Gasteiger charge is 2.24. The molecule has 4 heterocycles. The van der Waals surface area contributed by atoms with Crippen LogP contribution >= 0.6 is 10.6 Å². The Morgan fingerprint density at radius 2 is 2.03 bits per heavy atom. The van der Waals surface area contributed by atoms with E-state index >= 15 is 0 Å². The van der Waals surface area contributed by atoms with Crippen LogP contribution in [0, 0.1) is 0 Å². The lowest BCUT2D eigenvalue weighted by Crippen LogP contribution is -2.37. The number of hydrogen-bond donors (Lipinski definition) is 3. The first-order valence-corrected chi connectivity index (χ1v) is 11.1. The molecule has 3 aromatic rings. The molecule has 1 amide bonds. The Balaban J connectivity index is 1.56. The van der Waals surface area contributed by atoms with Crippen LogP contribution < -0.4 is 10.1 Å². The molecule has 1 aliphatic rings. The van der Waals surface area contributed by atoms with E-state index in [2.05, 4.69) is 20.2 Å². The third-order valence-corrected chi connectivity index (χ3v) is 6.55. The first kappa shape index (κ1) is 19.6. The first-order chi connectivity index (χ1) is 13.9. The maximum absolute atomic E-state index is 12.8. The summed E-state index contributed by atoms with van der Waals surface area (Å²) in [7, 11) is -0.913. The number of methoxy groups -OCH3 is 1. The number of pyridine rings is 2. The summed E-state index contributed by atoms with van der Waals surface area (Å²) in [5, 5.41) is 2.81. The van der Waals surface area contributed by atoms with Crippen molar-refractivity contribution in [1.82, 2.24) is 19.3 Å². The summed E-state index contributed by atoms with van der Waals surface area (Å²) in [6, 6.07) is 9.06. The fourth-order valence-electron chi connectivity index (χ4n) is 3.27. The summed E-state index contributed by atoms with van der Waals surface area (Å²) in [4.78, 5) is 23.7. The second kappa shape index (κ2) is 7.99. The summed E-state index contributed by atoms with van der Waals surface area (Å²) >= 11 is 0. The number of nitrogens with zero attached hydrogens (tertiary/aromatic N) is 4. The molecule has 3 N–H and O–H groups in total. The number of rotatable bonds is 5. The minimum atomic E-state index is -2.44. The Kier molecular flexibility index (Phi) is 5.41. The summed E-state index contributed by atoms with van der Waals surface area (Å²) in [6.07, 6.45) is 3.33. The molecule has 0 radical (unpaired) electrons. The highest BCUT2D eigenvalue weighted by atomic mass is 32.3. The van der Waals surface area contributed by atoms with Crippen LogP contribution in [0.25, 0.3) is 5.52 Å². The first-order valence-electron chi connectivity index (χ1n) is 9.18. The molecule has 154 valence electrons. The van der Waals surface area contributed by atoms with E-state index in [9.17, 15) is 13.9 Å². The molecule has 10 heteroatoms. The van der Waals surface area contributed by atoms with Crippen molar-refractivity contribution < 1.29 is 18.6 Å². The zero-order chi connectivity index (χ0) is 20.4. The second-order valence-electron chi connectivity index (χ2n) is 6.87. The lowest BCUT2D eigenvalue weighted by atomic mass is 10.3. The minimum absolute atomic E-state index is 0.285. The van der Waals surface area contributed by atoms with Gasteiger partial charge in [0.15, 0.2) is 0 Å². The van der Waals surface area contributed by atoms with Gasteiger partial charge in [0.1, 0.15) is 0 Å². The van der Waals surface area contributed by atoms with Gasteiger partial charge in [0.25, 0.3) is 5.91 Å². The number of amides is 1. The Morgan fingerprint density at radius 3 is 2.72 bits per heavy atom. The molecule has 1 saturated heterocycles. The molecule has 3 aromatic heterocycles. The van der Waals surface area contributed by atoms with Gasteiger partial charge in [-0.1, -0.05) is 6.07 Å². The SMILES string of the molecule is COc1ccc(NC(=O)c2nc(CN3CCS(O)(O)CC3)c3ccccn23)cn1. The number of aromatic nitrogens is 3. The van der Waals surface area contributed by atoms with Crippen molar-refractivity contribution in [3.63, 3.8) is 0 Å². The van der Waals surface area contributed by atoms with Crippen LogP contribution in [-0.4, -0.2) is 66.0 Å². The van der Waals surface area contributed by atoms with Crippen molar-refractivity contribution in [3.8, 4) is 5.88 Å². The molecule has 0 unspecified atom stereocenters. The van der Waals surface area contributed by atoms with Crippen molar-refractivity contribution in [3.05, 3.63) is 54.2 Å². The summed E-state index contributed by atoms with van der Waals surface area (Å²) in [5.41, 5.74) is 2.18. The quantitative estimate of drug-likeness (QED) is 0.585. The number of anilines is 1. The van der Waals surface area contributed by atoms with Crippen LogP contribution in [0.2, 0.25) is 0 Å².